The Hall–Kier alpha value is -3.50. The van der Waals surface area contributed by atoms with E-state index in [2.05, 4.69) is 15.2 Å². The van der Waals surface area contributed by atoms with Crippen LogP contribution in [0.3, 0.4) is 0 Å². The van der Waals surface area contributed by atoms with Gasteiger partial charge in [0, 0.05) is 24.2 Å². The summed E-state index contributed by atoms with van der Waals surface area (Å²) in [6.45, 7) is 2.54. The molecule has 1 atom stereocenters. The van der Waals surface area contributed by atoms with Gasteiger partial charge in [-0.05, 0) is 31.2 Å². The third-order valence-electron chi connectivity index (χ3n) is 4.16. The Morgan fingerprint density at radius 1 is 1.10 bits per heavy atom. The zero-order chi connectivity index (χ0) is 22.4. The van der Waals surface area contributed by atoms with E-state index in [1.807, 2.05) is 30.3 Å². The molecule has 3 rings (SSSR count). The topological polar surface area (TPSA) is 128 Å². The van der Waals surface area contributed by atoms with Crippen LogP contribution in [0.25, 0.3) is 11.3 Å². The lowest BCUT2D eigenvalue weighted by atomic mass is 10.1. The summed E-state index contributed by atoms with van der Waals surface area (Å²) in [6, 6.07) is 15.4. The Balaban J connectivity index is 1.56. The fourth-order valence-corrected chi connectivity index (χ4v) is 3.85. The number of hydrogen-bond donors (Lipinski definition) is 2. The SMILES string of the molecule is CC(=O)Nc1ccc(S(=O)(=O)N[C@@H](C)C(=O)OCc2cc(-c3ccccc3)no2)cc1. The van der Waals surface area contributed by atoms with Crippen LogP contribution in [0.15, 0.2) is 70.1 Å². The number of hydrogen-bond acceptors (Lipinski definition) is 7. The Labute approximate surface area is 179 Å². The monoisotopic (exact) mass is 443 g/mol. The van der Waals surface area contributed by atoms with E-state index in [1.54, 1.807) is 6.07 Å². The Kier molecular flexibility index (Phi) is 6.83. The van der Waals surface area contributed by atoms with E-state index < -0.39 is 22.0 Å². The highest BCUT2D eigenvalue weighted by atomic mass is 32.2. The third-order valence-corrected chi connectivity index (χ3v) is 5.71. The first-order valence-electron chi connectivity index (χ1n) is 9.32. The average molecular weight is 443 g/mol. The molecule has 10 heteroatoms. The molecule has 0 bridgehead atoms. The van der Waals surface area contributed by atoms with Crippen LogP contribution in [0, 0.1) is 0 Å². The van der Waals surface area contributed by atoms with Crippen molar-refractivity contribution in [2.45, 2.75) is 31.4 Å². The number of benzene rings is 2. The number of esters is 1. The second-order valence-electron chi connectivity index (χ2n) is 6.70. The highest BCUT2D eigenvalue weighted by Gasteiger charge is 2.23. The molecule has 1 aromatic heterocycles. The Bertz CT molecular complexity index is 1160. The van der Waals surface area contributed by atoms with Crippen LogP contribution in [0.2, 0.25) is 0 Å². The van der Waals surface area contributed by atoms with Crippen molar-refractivity contribution < 1.29 is 27.3 Å². The maximum atomic E-state index is 12.5. The molecule has 0 fully saturated rings. The van der Waals surface area contributed by atoms with Gasteiger partial charge in [-0.15, -0.1) is 0 Å². The second-order valence-corrected chi connectivity index (χ2v) is 8.41. The van der Waals surface area contributed by atoms with Crippen molar-refractivity contribution >= 4 is 27.6 Å². The molecule has 9 nitrogen and oxygen atoms in total. The van der Waals surface area contributed by atoms with Crippen LogP contribution in [-0.2, 0) is 31.0 Å². The molecular weight excluding hydrogens is 422 g/mol. The van der Waals surface area contributed by atoms with Crippen molar-refractivity contribution in [2.75, 3.05) is 5.32 Å². The number of amides is 1. The molecule has 31 heavy (non-hydrogen) atoms. The van der Waals surface area contributed by atoms with Gasteiger partial charge in [-0.2, -0.15) is 4.72 Å². The van der Waals surface area contributed by atoms with E-state index in [0.29, 0.717) is 17.1 Å². The highest BCUT2D eigenvalue weighted by Crippen LogP contribution is 2.19. The number of rotatable bonds is 8. The number of nitrogens with zero attached hydrogens (tertiary/aromatic N) is 1. The van der Waals surface area contributed by atoms with Gasteiger partial charge < -0.3 is 14.6 Å². The number of ether oxygens (including phenoxy) is 1. The molecule has 162 valence electrons. The summed E-state index contributed by atoms with van der Waals surface area (Å²) in [5.41, 5.74) is 1.92. The van der Waals surface area contributed by atoms with Crippen LogP contribution in [0.1, 0.15) is 19.6 Å². The van der Waals surface area contributed by atoms with Gasteiger partial charge in [0.1, 0.15) is 11.7 Å². The van der Waals surface area contributed by atoms with Crippen LogP contribution < -0.4 is 10.0 Å². The molecule has 0 spiro atoms. The number of sulfonamides is 1. The minimum atomic E-state index is -3.96. The molecular formula is C21H21N3O6S. The molecule has 0 saturated heterocycles. The smallest absolute Gasteiger partial charge is 0.324 e. The number of nitrogens with one attached hydrogen (secondary N) is 2. The molecule has 0 unspecified atom stereocenters. The standard InChI is InChI=1S/C21H21N3O6S/c1-14(24-31(27,28)19-10-8-17(9-11-19)22-15(2)25)21(26)29-13-18-12-20(23-30-18)16-6-4-3-5-7-16/h3-12,14,24H,13H2,1-2H3,(H,22,25)/t14-/m0/s1. The molecule has 3 aromatic rings. The predicted molar refractivity (Wildman–Crippen MR) is 112 cm³/mol. The molecule has 0 saturated carbocycles. The van der Waals surface area contributed by atoms with Crippen molar-refractivity contribution in [1.82, 2.24) is 9.88 Å². The molecule has 1 amide bonds. The van der Waals surface area contributed by atoms with E-state index in [9.17, 15) is 18.0 Å². The van der Waals surface area contributed by atoms with Gasteiger partial charge in [0.25, 0.3) is 0 Å². The number of carbonyl (C=O) groups is 2. The summed E-state index contributed by atoms with van der Waals surface area (Å²) in [6.07, 6.45) is 0. The third kappa shape index (κ3) is 6.00. The number of anilines is 1. The van der Waals surface area contributed by atoms with Gasteiger partial charge in [0.2, 0.25) is 15.9 Å². The first-order valence-corrected chi connectivity index (χ1v) is 10.8. The maximum Gasteiger partial charge on any atom is 0.324 e. The first kappa shape index (κ1) is 22.2. The van der Waals surface area contributed by atoms with Crippen LogP contribution in [0.4, 0.5) is 5.69 Å². The summed E-state index contributed by atoms with van der Waals surface area (Å²) >= 11 is 0. The summed E-state index contributed by atoms with van der Waals surface area (Å²) in [5, 5.41) is 6.47. The minimum absolute atomic E-state index is 0.0519. The molecule has 2 N–H and O–H groups in total. The zero-order valence-corrected chi connectivity index (χ0v) is 17.7. The van der Waals surface area contributed by atoms with E-state index >= 15 is 0 Å². The van der Waals surface area contributed by atoms with E-state index in [0.717, 1.165) is 5.56 Å². The summed E-state index contributed by atoms with van der Waals surface area (Å²) in [4.78, 5) is 23.2. The number of aromatic nitrogens is 1. The highest BCUT2D eigenvalue weighted by molar-refractivity contribution is 7.89. The van der Waals surface area contributed by atoms with Crippen molar-refractivity contribution in [1.29, 1.82) is 0 Å². The lowest BCUT2D eigenvalue weighted by Crippen LogP contribution is -2.39. The van der Waals surface area contributed by atoms with Gasteiger partial charge in [-0.3, -0.25) is 9.59 Å². The quantitative estimate of drug-likeness (QED) is 0.512. The maximum absolute atomic E-state index is 12.5. The molecule has 0 radical (unpaired) electrons. The van der Waals surface area contributed by atoms with Crippen molar-refractivity contribution in [3.8, 4) is 11.3 Å². The molecule has 0 aliphatic rings. The van der Waals surface area contributed by atoms with Crippen LogP contribution >= 0.6 is 0 Å². The van der Waals surface area contributed by atoms with Gasteiger partial charge in [0.05, 0.1) is 4.90 Å². The molecule has 2 aromatic carbocycles. The summed E-state index contributed by atoms with van der Waals surface area (Å²) in [7, 11) is -3.96. The van der Waals surface area contributed by atoms with E-state index in [4.69, 9.17) is 9.26 Å². The predicted octanol–water partition coefficient (Wildman–Crippen LogP) is 2.71. The second kappa shape index (κ2) is 9.54. The van der Waals surface area contributed by atoms with Crippen LogP contribution in [0.5, 0.6) is 0 Å². The fourth-order valence-electron chi connectivity index (χ4n) is 2.66. The van der Waals surface area contributed by atoms with Gasteiger partial charge in [-0.25, -0.2) is 8.42 Å². The lowest BCUT2D eigenvalue weighted by Gasteiger charge is -2.13. The fraction of sp³-hybridized carbons (Fsp3) is 0.190. The van der Waals surface area contributed by atoms with Gasteiger partial charge in [0.15, 0.2) is 12.4 Å². The minimum Gasteiger partial charge on any atom is -0.456 e. The van der Waals surface area contributed by atoms with Crippen LogP contribution in [-0.4, -0.2) is 31.5 Å². The molecule has 1 heterocycles. The molecule has 0 aliphatic carbocycles. The first-order chi connectivity index (χ1) is 14.7. The zero-order valence-electron chi connectivity index (χ0n) is 16.9. The van der Waals surface area contributed by atoms with E-state index in [-0.39, 0.29) is 17.4 Å². The Morgan fingerprint density at radius 2 is 1.77 bits per heavy atom. The number of carbonyl (C=O) groups excluding carboxylic acids is 2. The van der Waals surface area contributed by atoms with Crippen molar-refractivity contribution in [3.63, 3.8) is 0 Å². The van der Waals surface area contributed by atoms with Crippen molar-refractivity contribution in [3.05, 3.63) is 66.4 Å². The van der Waals surface area contributed by atoms with Gasteiger partial charge >= 0.3 is 5.97 Å². The summed E-state index contributed by atoms with van der Waals surface area (Å²) < 4.78 is 37.5. The normalized spacial score (nSPS) is 12.2. The lowest BCUT2D eigenvalue weighted by molar-refractivity contribution is -0.147. The Morgan fingerprint density at radius 3 is 2.42 bits per heavy atom. The van der Waals surface area contributed by atoms with Crippen molar-refractivity contribution in [2.24, 2.45) is 0 Å². The average Bonchev–Trinajstić information content (AvgIpc) is 3.21. The largest absolute Gasteiger partial charge is 0.456 e. The van der Waals surface area contributed by atoms with E-state index in [1.165, 1.54) is 38.1 Å². The van der Waals surface area contributed by atoms with Gasteiger partial charge in [-0.1, -0.05) is 35.5 Å². The summed E-state index contributed by atoms with van der Waals surface area (Å²) in [5.74, 6) is -0.709. The molecule has 0 aliphatic heterocycles.